The Morgan fingerprint density at radius 1 is 0.754 bits per heavy atom. The Balaban J connectivity index is 1.76. The zero-order valence-electron chi connectivity index (χ0n) is 33.4. The van der Waals surface area contributed by atoms with E-state index in [-0.39, 0.29) is 38.3 Å². The molecule has 0 saturated carbocycles. The van der Waals surface area contributed by atoms with Crippen LogP contribution in [0.1, 0.15) is 90.0 Å². The topological polar surface area (TPSA) is 182 Å². The molecule has 0 saturated heterocycles. The third-order valence-electron chi connectivity index (χ3n) is 12.1. The minimum atomic E-state index is -1.45. The van der Waals surface area contributed by atoms with Crippen molar-refractivity contribution in [3.8, 4) is 0 Å². The first-order valence-corrected chi connectivity index (χ1v) is 19.3. The van der Waals surface area contributed by atoms with Crippen LogP contribution < -0.4 is 16.0 Å². The number of nitrogens with one attached hydrogen (secondary N) is 2. The predicted molar refractivity (Wildman–Crippen MR) is 222 cm³/mol. The molecule has 4 aliphatic rings. The van der Waals surface area contributed by atoms with Crippen LogP contribution in [-0.2, 0) is 12.0 Å². The van der Waals surface area contributed by atoms with Gasteiger partial charge in [-0.2, -0.15) is 0 Å². The van der Waals surface area contributed by atoms with Crippen molar-refractivity contribution < 1.29 is 14.8 Å². The molecule has 4 aliphatic heterocycles. The summed E-state index contributed by atoms with van der Waals surface area (Å²) in [4.78, 5) is 51.6. The maximum absolute atomic E-state index is 13.9. The number of benzene rings is 2. The number of hydrogen-bond donors (Lipinski definition) is 2. The fourth-order valence-electron chi connectivity index (χ4n) is 9.36. The van der Waals surface area contributed by atoms with Crippen molar-refractivity contribution in [2.45, 2.75) is 86.6 Å². The summed E-state index contributed by atoms with van der Waals surface area (Å²) in [5.41, 5.74) is 7.26. The van der Waals surface area contributed by atoms with E-state index >= 15 is 0 Å². The van der Waals surface area contributed by atoms with E-state index in [1.54, 1.807) is 12.1 Å². The second-order valence-corrected chi connectivity index (χ2v) is 14.8. The fraction of sp³-hybridized carbons (Fsp3) is 0.318. The second-order valence-electron chi connectivity index (χ2n) is 14.8. The van der Waals surface area contributed by atoms with E-state index < -0.39 is 16.4 Å². The van der Waals surface area contributed by atoms with E-state index in [4.69, 9.17) is 9.98 Å². The first-order valence-electron chi connectivity index (χ1n) is 19.3. The number of H-pyrrole nitrogens is 1. The molecule has 0 aliphatic carbocycles. The molecule has 292 valence electrons. The molecule has 5 heterocycles. The van der Waals surface area contributed by atoms with Crippen LogP contribution >= 0.6 is 0 Å². The molecule has 2 atom stereocenters. The van der Waals surface area contributed by atoms with Gasteiger partial charge in [-0.1, -0.05) is 58.0 Å². The number of nitrogens with zero attached hydrogens (tertiary/aromatic N) is 5. The van der Waals surface area contributed by atoms with E-state index in [2.05, 4.69) is 10.3 Å². The van der Waals surface area contributed by atoms with Gasteiger partial charge in [0.15, 0.2) is 5.54 Å². The van der Waals surface area contributed by atoms with Gasteiger partial charge in [-0.25, -0.2) is 9.98 Å². The lowest BCUT2D eigenvalue weighted by Gasteiger charge is -2.35. The number of aliphatic imine (C=N–C) groups is 2. The van der Waals surface area contributed by atoms with Crippen LogP contribution in [0.25, 0.3) is 17.3 Å². The highest BCUT2D eigenvalue weighted by Gasteiger charge is 2.58. The molecule has 0 fully saturated rings. The summed E-state index contributed by atoms with van der Waals surface area (Å²) in [5, 5.41) is 43.8. The summed E-state index contributed by atoms with van der Waals surface area (Å²) in [6.45, 7) is 15.5. The number of aromatic amines is 1. The van der Waals surface area contributed by atoms with E-state index in [9.17, 15) is 30.3 Å². The van der Waals surface area contributed by atoms with Crippen molar-refractivity contribution in [1.82, 2.24) is 10.3 Å². The summed E-state index contributed by atoms with van der Waals surface area (Å²) < 4.78 is 0. The molecule has 0 spiro atoms. The van der Waals surface area contributed by atoms with Gasteiger partial charge in [-0.15, -0.1) is 0 Å². The van der Waals surface area contributed by atoms with Crippen LogP contribution in [0.3, 0.4) is 0 Å². The first kappa shape index (κ1) is 38.8. The molecule has 0 amide bonds. The van der Waals surface area contributed by atoms with E-state index in [0.29, 0.717) is 81.3 Å². The Morgan fingerprint density at radius 3 is 1.98 bits per heavy atom. The third kappa shape index (κ3) is 5.82. The minimum Gasteiger partial charge on any atom is -0.365 e. The molecule has 2 aromatic carbocycles. The lowest BCUT2D eigenvalue weighted by Crippen LogP contribution is -2.48. The Hall–Kier alpha value is -6.50. The summed E-state index contributed by atoms with van der Waals surface area (Å²) in [7, 11) is 0. The third-order valence-corrected chi connectivity index (χ3v) is 12.1. The molecule has 13 heteroatoms. The van der Waals surface area contributed by atoms with Crippen LogP contribution in [0.5, 0.6) is 0 Å². The second kappa shape index (κ2) is 14.5. The average Bonchev–Trinajstić information content (AvgIpc) is 3.87. The van der Waals surface area contributed by atoms with Gasteiger partial charge in [0.05, 0.1) is 26.2 Å². The van der Waals surface area contributed by atoms with Crippen molar-refractivity contribution in [3.05, 3.63) is 169 Å². The maximum atomic E-state index is 13.9. The Kier molecular flexibility index (Phi) is 9.88. The largest absolute Gasteiger partial charge is 0.365 e. The van der Waals surface area contributed by atoms with E-state index in [0.717, 1.165) is 27.8 Å². The molecule has 7 rings (SSSR count). The number of aromatic nitrogens is 1. The fourth-order valence-corrected chi connectivity index (χ4v) is 9.36. The smallest absolute Gasteiger partial charge is 0.318 e. The zero-order chi connectivity index (χ0) is 41.1. The van der Waals surface area contributed by atoms with Gasteiger partial charge in [0.25, 0.3) is 5.69 Å². The van der Waals surface area contributed by atoms with Crippen molar-refractivity contribution >= 4 is 34.5 Å². The van der Waals surface area contributed by atoms with Gasteiger partial charge < -0.3 is 10.3 Å². The summed E-state index contributed by atoms with van der Waals surface area (Å²) in [6, 6.07) is 15.5. The lowest BCUT2D eigenvalue weighted by atomic mass is 9.72. The molecule has 57 heavy (non-hydrogen) atoms. The standard InChI is InChI=1S/C44H45N7O6/c1-9-30-23(5)34-22-35-24(6)31(10-2)41(46-35)43(51(56)57)44(28-16-14-13-15-17-28)33(12-4)26(8)38(48-44)36(27-18-20-29(21-19-27)49(52)53)37-25(7)32(11-3)40(47-37)42(50(54)55)39(30)45-34/h13-22,33,45,48H,9-12H2,1-8H3/b34-22-,37-36-,42-39+,43-41+. The summed E-state index contributed by atoms with van der Waals surface area (Å²) >= 11 is 0. The highest BCUT2D eigenvalue weighted by Crippen LogP contribution is 2.54. The number of fused-ring (bicyclic) bond motifs is 6. The SMILES string of the molecule is CCC1=C(C)/C2=C(\c3ccc([N+](=O)[O-])cc3)C3=C(C)C(CC)C(c4ccccc4)(N3)/C([N+](=O)[O-])=C3N=C(/C=c4\[nH]/c(c(CC)c4C)=C(/[N+](=O)[O-])C1=N2)C(C)=C\3CC. The predicted octanol–water partition coefficient (Wildman–Crippen LogP) is 8.03. The highest BCUT2D eigenvalue weighted by atomic mass is 16.6. The summed E-state index contributed by atoms with van der Waals surface area (Å²) in [6.07, 6.45) is 3.71. The highest BCUT2D eigenvalue weighted by molar-refractivity contribution is 6.28. The van der Waals surface area contributed by atoms with E-state index in [1.165, 1.54) is 12.1 Å². The minimum absolute atomic E-state index is 0.0890. The normalized spacial score (nSPS) is 24.7. The maximum Gasteiger partial charge on any atom is 0.318 e. The van der Waals surface area contributed by atoms with Gasteiger partial charge in [-0.05, 0) is 122 Å². The van der Waals surface area contributed by atoms with Crippen molar-refractivity contribution in [2.75, 3.05) is 0 Å². The Labute approximate surface area is 329 Å². The molecule has 0 radical (unpaired) electrons. The van der Waals surface area contributed by atoms with Gasteiger partial charge in [0.1, 0.15) is 16.8 Å². The van der Waals surface area contributed by atoms with Crippen LogP contribution in [0.4, 0.5) is 5.69 Å². The molecule has 2 unspecified atom stereocenters. The number of rotatable bonds is 9. The number of hydrogen-bond acceptors (Lipinski definition) is 9. The molecular weight excluding hydrogens is 723 g/mol. The Morgan fingerprint density at radius 2 is 1.42 bits per heavy atom. The van der Waals surface area contributed by atoms with Gasteiger partial charge in [-0.3, -0.25) is 30.3 Å². The molecule has 2 N–H and O–H groups in total. The van der Waals surface area contributed by atoms with Crippen LogP contribution in [0.2, 0.25) is 0 Å². The van der Waals surface area contributed by atoms with Crippen molar-refractivity contribution in [2.24, 2.45) is 15.9 Å². The van der Waals surface area contributed by atoms with Gasteiger partial charge in [0, 0.05) is 34.7 Å². The van der Waals surface area contributed by atoms with Gasteiger partial charge >= 0.3 is 11.4 Å². The van der Waals surface area contributed by atoms with Crippen molar-refractivity contribution in [3.63, 3.8) is 0 Å². The monoisotopic (exact) mass is 767 g/mol. The van der Waals surface area contributed by atoms with Crippen LogP contribution in [-0.4, -0.2) is 31.2 Å². The number of nitro benzene ring substituents is 1. The first-order chi connectivity index (χ1) is 27.2. The molecule has 13 nitrogen and oxygen atoms in total. The Bertz CT molecular complexity index is 2650. The van der Waals surface area contributed by atoms with E-state index in [1.807, 2.05) is 91.8 Å². The van der Waals surface area contributed by atoms with Crippen molar-refractivity contribution in [1.29, 1.82) is 0 Å². The van der Waals surface area contributed by atoms with Crippen LogP contribution in [0, 0.1) is 43.2 Å². The van der Waals surface area contributed by atoms with Gasteiger partial charge in [0.2, 0.25) is 0 Å². The number of nitro groups is 3. The number of non-ortho nitro benzene ring substituents is 1. The molecular formula is C44H45N7O6. The molecule has 1 aromatic heterocycles. The lowest BCUT2D eigenvalue weighted by molar-refractivity contribution is -0.439. The van der Waals surface area contributed by atoms with Crippen LogP contribution in [0.15, 0.2) is 115 Å². The molecule has 3 aromatic rings. The zero-order valence-corrected chi connectivity index (χ0v) is 33.4. The number of allylic oxidation sites excluding steroid dienone is 4. The quantitative estimate of drug-likeness (QED) is 0.163. The summed E-state index contributed by atoms with van der Waals surface area (Å²) in [5.74, 6) is -0.477. The molecule has 8 bridgehead atoms. The average molecular weight is 768 g/mol.